The van der Waals surface area contributed by atoms with Gasteiger partial charge >= 0.3 is 0 Å². The molecule has 0 unspecified atom stereocenters. The van der Waals surface area contributed by atoms with Gasteiger partial charge in [0.1, 0.15) is 5.75 Å². The molecule has 0 aliphatic carbocycles. The van der Waals surface area contributed by atoms with Gasteiger partial charge in [-0.25, -0.2) is 8.42 Å². The molecule has 1 aromatic carbocycles. The lowest BCUT2D eigenvalue weighted by Crippen LogP contribution is -2.36. The van der Waals surface area contributed by atoms with Crippen LogP contribution in [0.15, 0.2) is 28.7 Å². The summed E-state index contributed by atoms with van der Waals surface area (Å²) in [7, 11) is -1.86. The molecule has 0 saturated carbocycles. The fraction of sp³-hybridized carbons (Fsp3) is 0.500. The summed E-state index contributed by atoms with van der Waals surface area (Å²) in [6, 6.07) is 7.04. The summed E-state index contributed by atoms with van der Waals surface area (Å²) in [4.78, 5) is 11.7. The Kier molecular flexibility index (Phi) is 11.5. The van der Waals surface area contributed by atoms with Crippen LogP contribution in [-0.4, -0.2) is 53.4 Å². The Morgan fingerprint density at radius 1 is 1.26 bits per heavy atom. The molecule has 0 fully saturated rings. The average Bonchev–Trinajstić information content (AvgIpc) is 2.41. The van der Waals surface area contributed by atoms with E-state index in [0.717, 1.165) is 4.47 Å². The number of carbonyl (C=O) groups excluding carboxylic acids is 1. The molecule has 23 heavy (non-hydrogen) atoms. The number of sulfone groups is 1. The van der Waals surface area contributed by atoms with Crippen molar-refractivity contribution in [2.24, 2.45) is 0 Å². The molecule has 132 valence electrons. The van der Waals surface area contributed by atoms with E-state index in [2.05, 4.69) is 26.6 Å². The summed E-state index contributed by atoms with van der Waals surface area (Å²) in [5.74, 6) is -1.13. The van der Waals surface area contributed by atoms with Crippen LogP contribution in [0.1, 0.15) is 5.56 Å². The summed E-state index contributed by atoms with van der Waals surface area (Å²) < 4.78 is 29.7. The third kappa shape index (κ3) is 10.7. The number of methoxy groups -OCH3 is 1. The highest BCUT2D eigenvalue weighted by Gasteiger charge is 2.17. The average molecular weight is 430 g/mol. The van der Waals surface area contributed by atoms with Crippen LogP contribution in [0.25, 0.3) is 0 Å². The van der Waals surface area contributed by atoms with E-state index in [0.29, 0.717) is 31.8 Å². The normalized spacial score (nSPS) is 10.9. The van der Waals surface area contributed by atoms with E-state index in [9.17, 15) is 13.2 Å². The van der Waals surface area contributed by atoms with Crippen molar-refractivity contribution in [3.63, 3.8) is 0 Å². The first-order valence-corrected chi connectivity index (χ1v) is 9.45. The van der Waals surface area contributed by atoms with Crippen LogP contribution in [0.3, 0.4) is 0 Å². The number of nitrogens with one attached hydrogen (secondary N) is 2. The van der Waals surface area contributed by atoms with Gasteiger partial charge < -0.3 is 15.4 Å². The molecule has 0 atom stereocenters. The van der Waals surface area contributed by atoms with Crippen molar-refractivity contribution in [2.75, 3.05) is 39.1 Å². The number of halogens is 2. The Morgan fingerprint density at radius 3 is 2.65 bits per heavy atom. The fourth-order valence-corrected chi connectivity index (χ4v) is 3.51. The van der Waals surface area contributed by atoms with Crippen molar-refractivity contribution in [2.45, 2.75) is 5.75 Å². The van der Waals surface area contributed by atoms with Crippen molar-refractivity contribution in [1.29, 1.82) is 0 Å². The van der Waals surface area contributed by atoms with E-state index in [1.807, 2.05) is 6.07 Å². The molecular formula is C14H22BrClN2O4S. The number of amides is 1. The van der Waals surface area contributed by atoms with Crippen LogP contribution >= 0.6 is 28.3 Å². The van der Waals surface area contributed by atoms with E-state index in [1.54, 1.807) is 25.3 Å². The van der Waals surface area contributed by atoms with Crippen molar-refractivity contribution < 1.29 is 17.9 Å². The Bertz CT molecular complexity index is 584. The number of hydrogen-bond acceptors (Lipinski definition) is 5. The summed E-state index contributed by atoms with van der Waals surface area (Å²) >= 11 is 3.29. The lowest BCUT2D eigenvalue weighted by atomic mass is 10.2. The zero-order chi connectivity index (χ0) is 16.4. The van der Waals surface area contributed by atoms with Gasteiger partial charge in [0.25, 0.3) is 0 Å². The second-order valence-corrected chi connectivity index (χ2v) is 7.74. The number of hydrogen-bond donors (Lipinski definition) is 2. The lowest BCUT2D eigenvalue weighted by Gasteiger charge is -2.08. The number of carbonyl (C=O) groups is 1. The van der Waals surface area contributed by atoms with Gasteiger partial charge in [-0.1, -0.05) is 28.1 Å². The zero-order valence-electron chi connectivity index (χ0n) is 12.9. The predicted molar refractivity (Wildman–Crippen MR) is 96.6 cm³/mol. The van der Waals surface area contributed by atoms with Gasteiger partial charge in [-0.05, 0) is 17.7 Å². The third-order valence-corrected chi connectivity index (χ3v) is 4.70. The molecule has 0 aliphatic rings. The molecule has 9 heteroatoms. The first kappa shape index (κ1) is 22.3. The van der Waals surface area contributed by atoms with Crippen molar-refractivity contribution in [1.82, 2.24) is 10.6 Å². The standard InChI is InChI=1S/C14H21BrN2O4S.ClH/c1-21-8-7-16-5-6-17-14(18)11-22(19,20)10-12-3-2-4-13(15)9-12;/h2-4,9,16H,5-8,10-11H2,1H3,(H,17,18);1H. The minimum atomic E-state index is -3.48. The van der Waals surface area contributed by atoms with Crippen LogP contribution in [-0.2, 0) is 25.1 Å². The molecule has 0 heterocycles. The maximum atomic E-state index is 12.0. The SMILES string of the molecule is COCCNCCNC(=O)CS(=O)(=O)Cc1cccc(Br)c1.Cl. The molecule has 0 radical (unpaired) electrons. The van der Waals surface area contributed by atoms with Crippen molar-refractivity contribution >= 4 is 44.1 Å². The Balaban J connectivity index is 0.00000484. The number of rotatable bonds is 10. The van der Waals surface area contributed by atoms with E-state index in [1.165, 1.54) is 0 Å². The van der Waals surface area contributed by atoms with Gasteiger partial charge in [-0.15, -0.1) is 12.4 Å². The molecule has 2 N–H and O–H groups in total. The Morgan fingerprint density at radius 2 is 2.00 bits per heavy atom. The summed E-state index contributed by atoms with van der Waals surface area (Å²) in [5.41, 5.74) is 0.656. The molecule has 0 aromatic heterocycles. The molecule has 6 nitrogen and oxygen atoms in total. The van der Waals surface area contributed by atoms with Gasteiger partial charge in [0.2, 0.25) is 5.91 Å². The van der Waals surface area contributed by atoms with Crippen molar-refractivity contribution in [3.8, 4) is 0 Å². The van der Waals surface area contributed by atoms with Gasteiger partial charge in [0.15, 0.2) is 9.84 Å². The second kappa shape index (κ2) is 11.8. The van der Waals surface area contributed by atoms with Crippen LogP contribution in [0.5, 0.6) is 0 Å². The molecule has 1 rings (SSSR count). The minimum absolute atomic E-state index is 0. The lowest BCUT2D eigenvalue weighted by molar-refractivity contribution is -0.118. The molecule has 1 aromatic rings. The highest BCUT2D eigenvalue weighted by Crippen LogP contribution is 2.14. The smallest absolute Gasteiger partial charge is 0.235 e. The van der Waals surface area contributed by atoms with E-state index < -0.39 is 21.5 Å². The fourth-order valence-electron chi connectivity index (χ4n) is 1.77. The molecule has 1 amide bonds. The third-order valence-electron chi connectivity index (χ3n) is 2.73. The maximum absolute atomic E-state index is 12.0. The molecule has 0 saturated heterocycles. The topological polar surface area (TPSA) is 84.5 Å². The van der Waals surface area contributed by atoms with Gasteiger partial charge in [0, 0.05) is 31.2 Å². The summed E-state index contributed by atoms with van der Waals surface area (Å²) in [6.07, 6.45) is 0. The second-order valence-electron chi connectivity index (χ2n) is 4.75. The Hall–Kier alpha value is -0.670. The van der Waals surface area contributed by atoms with E-state index >= 15 is 0 Å². The quantitative estimate of drug-likeness (QED) is 0.545. The van der Waals surface area contributed by atoms with Crippen LogP contribution < -0.4 is 10.6 Å². The van der Waals surface area contributed by atoms with E-state index in [-0.39, 0.29) is 18.2 Å². The molecule has 0 spiro atoms. The first-order chi connectivity index (χ1) is 10.4. The number of benzene rings is 1. The number of ether oxygens (including phenoxy) is 1. The van der Waals surface area contributed by atoms with Gasteiger partial charge in [-0.3, -0.25) is 4.79 Å². The van der Waals surface area contributed by atoms with Crippen molar-refractivity contribution in [3.05, 3.63) is 34.3 Å². The van der Waals surface area contributed by atoms with Gasteiger partial charge in [0.05, 0.1) is 12.4 Å². The first-order valence-electron chi connectivity index (χ1n) is 6.84. The maximum Gasteiger partial charge on any atom is 0.235 e. The molecule has 0 bridgehead atoms. The molecule has 0 aliphatic heterocycles. The largest absolute Gasteiger partial charge is 0.383 e. The minimum Gasteiger partial charge on any atom is -0.383 e. The summed E-state index contributed by atoms with van der Waals surface area (Å²) in [5, 5.41) is 5.64. The highest BCUT2D eigenvalue weighted by molar-refractivity contribution is 9.10. The van der Waals surface area contributed by atoms with Gasteiger partial charge in [-0.2, -0.15) is 0 Å². The molecular weight excluding hydrogens is 408 g/mol. The summed E-state index contributed by atoms with van der Waals surface area (Å²) in [6.45, 7) is 2.23. The van der Waals surface area contributed by atoms with E-state index in [4.69, 9.17) is 4.74 Å². The zero-order valence-corrected chi connectivity index (χ0v) is 16.1. The van der Waals surface area contributed by atoms with Crippen LogP contribution in [0, 0.1) is 0 Å². The monoisotopic (exact) mass is 428 g/mol. The van der Waals surface area contributed by atoms with Crippen LogP contribution in [0.2, 0.25) is 0 Å². The predicted octanol–water partition coefficient (Wildman–Crippen LogP) is 1.14. The van der Waals surface area contributed by atoms with Crippen LogP contribution in [0.4, 0.5) is 0 Å². The highest BCUT2D eigenvalue weighted by atomic mass is 79.9. The Labute approximate surface area is 151 Å².